The summed E-state index contributed by atoms with van der Waals surface area (Å²) in [6.45, 7) is 7.77. The fourth-order valence-electron chi connectivity index (χ4n) is 3.54. The minimum absolute atomic E-state index is 0.0336. The van der Waals surface area contributed by atoms with E-state index < -0.39 is 5.41 Å². The molecule has 2 amide bonds. The van der Waals surface area contributed by atoms with Gasteiger partial charge in [0.2, 0.25) is 11.8 Å². The summed E-state index contributed by atoms with van der Waals surface area (Å²) in [5.74, 6) is 0.435. The summed E-state index contributed by atoms with van der Waals surface area (Å²) in [6, 6.07) is 5.95. The normalized spacial score (nSPS) is 22.6. The largest absolute Gasteiger partial charge is 0.342 e. The maximum atomic E-state index is 12.9. The highest BCUT2D eigenvalue weighted by Gasteiger charge is 2.58. The molecule has 1 saturated heterocycles. The minimum Gasteiger partial charge on any atom is -0.342 e. The van der Waals surface area contributed by atoms with E-state index in [1.165, 1.54) is 12.0 Å². The van der Waals surface area contributed by atoms with Crippen molar-refractivity contribution in [1.29, 1.82) is 0 Å². The predicted octanol–water partition coefficient (Wildman–Crippen LogP) is 3.28. The maximum Gasteiger partial charge on any atom is 0.240 e. The SMILES string of the molecule is Cc1ccc(NC(=O)C2(C(=O)N3CCCC(C)C3)CC2)c(C)c1. The van der Waals surface area contributed by atoms with Gasteiger partial charge < -0.3 is 10.2 Å². The van der Waals surface area contributed by atoms with E-state index in [9.17, 15) is 9.59 Å². The molecule has 1 aromatic carbocycles. The molecule has 0 radical (unpaired) electrons. The highest BCUT2D eigenvalue weighted by atomic mass is 16.2. The number of hydrogen-bond acceptors (Lipinski definition) is 2. The fraction of sp³-hybridized carbons (Fsp3) is 0.579. The number of likely N-dealkylation sites (tertiary alicyclic amines) is 1. The third kappa shape index (κ3) is 3.12. The van der Waals surface area contributed by atoms with E-state index in [0.717, 1.165) is 30.8 Å². The molecule has 1 heterocycles. The summed E-state index contributed by atoms with van der Waals surface area (Å²) in [7, 11) is 0. The summed E-state index contributed by atoms with van der Waals surface area (Å²) in [5, 5.41) is 2.98. The number of nitrogens with one attached hydrogen (secondary N) is 1. The number of aryl methyl sites for hydroxylation is 2. The Balaban J connectivity index is 1.72. The standard InChI is InChI=1S/C19H26N2O2/c1-13-6-7-16(15(3)11-13)20-17(22)19(8-9-19)18(23)21-10-4-5-14(2)12-21/h6-7,11,14H,4-5,8-10,12H2,1-3H3,(H,20,22). The molecule has 3 rings (SSSR count). The lowest BCUT2D eigenvalue weighted by molar-refractivity contribution is -0.143. The Morgan fingerprint density at radius 2 is 2.00 bits per heavy atom. The van der Waals surface area contributed by atoms with Gasteiger partial charge in [-0.1, -0.05) is 24.6 Å². The lowest BCUT2D eigenvalue weighted by Crippen LogP contribution is -2.46. The first kappa shape index (κ1) is 16.0. The van der Waals surface area contributed by atoms with Crippen LogP contribution < -0.4 is 5.32 Å². The summed E-state index contributed by atoms with van der Waals surface area (Å²) in [5.41, 5.74) is 2.20. The molecule has 1 atom stereocenters. The van der Waals surface area contributed by atoms with Gasteiger partial charge in [0.1, 0.15) is 5.41 Å². The molecule has 2 fully saturated rings. The van der Waals surface area contributed by atoms with E-state index in [0.29, 0.717) is 18.8 Å². The van der Waals surface area contributed by atoms with E-state index in [4.69, 9.17) is 0 Å². The van der Waals surface area contributed by atoms with Gasteiger partial charge in [-0.15, -0.1) is 0 Å². The average Bonchev–Trinajstić information content (AvgIpc) is 3.31. The molecule has 4 nitrogen and oxygen atoms in total. The second kappa shape index (κ2) is 5.99. The number of piperidine rings is 1. The summed E-state index contributed by atoms with van der Waals surface area (Å²) < 4.78 is 0. The number of rotatable bonds is 3. The van der Waals surface area contributed by atoms with Crippen molar-refractivity contribution in [1.82, 2.24) is 4.90 Å². The number of anilines is 1. The first-order chi connectivity index (χ1) is 10.9. The second-order valence-corrected chi connectivity index (χ2v) is 7.35. The van der Waals surface area contributed by atoms with Gasteiger partial charge >= 0.3 is 0 Å². The quantitative estimate of drug-likeness (QED) is 0.870. The van der Waals surface area contributed by atoms with Gasteiger partial charge in [-0.05, 0) is 57.1 Å². The van der Waals surface area contributed by atoms with E-state index in [1.54, 1.807) is 0 Å². The molecule has 124 valence electrons. The van der Waals surface area contributed by atoms with Crippen LogP contribution in [0.4, 0.5) is 5.69 Å². The zero-order valence-corrected chi connectivity index (χ0v) is 14.3. The number of benzene rings is 1. The molecule has 0 bridgehead atoms. The van der Waals surface area contributed by atoms with Gasteiger partial charge in [0.15, 0.2) is 0 Å². The van der Waals surface area contributed by atoms with Crippen LogP contribution >= 0.6 is 0 Å². The van der Waals surface area contributed by atoms with Gasteiger partial charge in [-0.2, -0.15) is 0 Å². The van der Waals surface area contributed by atoms with Crippen LogP contribution in [-0.2, 0) is 9.59 Å². The third-order valence-corrected chi connectivity index (χ3v) is 5.17. The van der Waals surface area contributed by atoms with Crippen molar-refractivity contribution in [2.75, 3.05) is 18.4 Å². The highest BCUT2D eigenvalue weighted by Crippen LogP contribution is 2.48. The van der Waals surface area contributed by atoms with Gasteiger partial charge in [0.05, 0.1) is 0 Å². The van der Waals surface area contributed by atoms with Gasteiger partial charge in [-0.3, -0.25) is 9.59 Å². The van der Waals surface area contributed by atoms with Crippen LogP contribution in [0.15, 0.2) is 18.2 Å². The van der Waals surface area contributed by atoms with Crippen LogP contribution in [0.2, 0.25) is 0 Å². The molecule has 1 N–H and O–H groups in total. The van der Waals surface area contributed by atoms with Gasteiger partial charge in [-0.25, -0.2) is 0 Å². The van der Waals surface area contributed by atoms with Crippen molar-refractivity contribution in [3.8, 4) is 0 Å². The smallest absolute Gasteiger partial charge is 0.240 e. The lowest BCUT2D eigenvalue weighted by Gasteiger charge is -2.33. The number of hydrogen-bond donors (Lipinski definition) is 1. The molecule has 1 unspecified atom stereocenters. The Bertz CT molecular complexity index is 634. The highest BCUT2D eigenvalue weighted by molar-refractivity contribution is 6.13. The average molecular weight is 314 g/mol. The predicted molar refractivity (Wildman–Crippen MR) is 91.2 cm³/mol. The fourth-order valence-corrected chi connectivity index (χ4v) is 3.54. The van der Waals surface area contributed by atoms with Crippen molar-refractivity contribution in [3.05, 3.63) is 29.3 Å². The summed E-state index contributed by atoms with van der Waals surface area (Å²) >= 11 is 0. The molecule has 0 aromatic heterocycles. The summed E-state index contributed by atoms with van der Waals surface area (Å²) in [6.07, 6.45) is 3.56. The Morgan fingerprint density at radius 3 is 2.61 bits per heavy atom. The van der Waals surface area contributed by atoms with Crippen LogP contribution in [0.5, 0.6) is 0 Å². The van der Waals surface area contributed by atoms with Crippen LogP contribution in [-0.4, -0.2) is 29.8 Å². The van der Waals surface area contributed by atoms with E-state index in [1.807, 2.05) is 36.9 Å². The van der Waals surface area contributed by atoms with Crippen LogP contribution in [0.25, 0.3) is 0 Å². The first-order valence-corrected chi connectivity index (χ1v) is 8.60. The number of carbonyl (C=O) groups excluding carboxylic acids is 2. The molecule has 1 aliphatic heterocycles. The van der Waals surface area contributed by atoms with Crippen LogP contribution in [0.1, 0.15) is 43.7 Å². The zero-order chi connectivity index (χ0) is 16.6. The van der Waals surface area contributed by atoms with E-state index in [-0.39, 0.29) is 11.8 Å². The molecular formula is C19H26N2O2. The van der Waals surface area contributed by atoms with E-state index >= 15 is 0 Å². The molecule has 23 heavy (non-hydrogen) atoms. The van der Waals surface area contributed by atoms with Crippen LogP contribution in [0.3, 0.4) is 0 Å². The van der Waals surface area contributed by atoms with Gasteiger partial charge in [0.25, 0.3) is 0 Å². The first-order valence-electron chi connectivity index (χ1n) is 8.60. The van der Waals surface area contributed by atoms with E-state index in [2.05, 4.69) is 12.2 Å². The van der Waals surface area contributed by atoms with Crippen molar-refractivity contribution in [3.63, 3.8) is 0 Å². The van der Waals surface area contributed by atoms with Gasteiger partial charge in [0, 0.05) is 18.8 Å². The molecule has 0 spiro atoms. The molecule has 2 aliphatic rings. The summed E-state index contributed by atoms with van der Waals surface area (Å²) in [4.78, 5) is 27.5. The van der Waals surface area contributed by atoms with Crippen molar-refractivity contribution in [2.24, 2.45) is 11.3 Å². The lowest BCUT2D eigenvalue weighted by atomic mass is 9.96. The molecular weight excluding hydrogens is 288 g/mol. The van der Waals surface area contributed by atoms with Crippen molar-refractivity contribution >= 4 is 17.5 Å². The van der Waals surface area contributed by atoms with Crippen LogP contribution in [0, 0.1) is 25.2 Å². The topological polar surface area (TPSA) is 49.4 Å². The number of amides is 2. The molecule has 1 saturated carbocycles. The van der Waals surface area contributed by atoms with Crippen molar-refractivity contribution in [2.45, 2.75) is 46.5 Å². The zero-order valence-electron chi connectivity index (χ0n) is 14.3. The molecule has 1 aromatic rings. The van der Waals surface area contributed by atoms with Crippen molar-refractivity contribution < 1.29 is 9.59 Å². The Labute approximate surface area is 138 Å². The minimum atomic E-state index is -0.811. The second-order valence-electron chi connectivity index (χ2n) is 7.35. The number of nitrogens with zero attached hydrogens (tertiary/aromatic N) is 1. The molecule has 4 heteroatoms. The number of carbonyl (C=O) groups is 2. The Kier molecular flexibility index (Phi) is 4.17. The maximum absolute atomic E-state index is 12.9. The molecule has 1 aliphatic carbocycles. The Morgan fingerprint density at radius 1 is 1.26 bits per heavy atom. The Hall–Kier alpha value is -1.84. The monoisotopic (exact) mass is 314 g/mol. The third-order valence-electron chi connectivity index (χ3n) is 5.17.